The van der Waals surface area contributed by atoms with Crippen molar-refractivity contribution in [2.45, 2.75) is 148 Å². The van der Waals surface area contributed by atoms with Crippen LogP contribution in [0, 0.1) is 22.7 Å². The second-order valence-electron chi connectivity index (χ2n) is 15.5. The van der Waals surface area contributed by atoms with Gasteiger partial charge in [-0.1, -0.05) is 26.3 Å². The summed E-state index contributed by atoms with van der Waals surface area (Å²) in [5, 5.41) is 0. The summed E-state index contributed by atoms with van der Waals surface area (Å²) in [7, 11) is -5.10. The predicted molar refractivity (Wildman–Crippen MR) is 157 cm³/mol. The molecule has 2 aliphatic rings. The fourth-order valence-corrected chi connectivity index (χ4v) is 10.8. The Bertz CT molecular complexity index is 934. The molecule has 240 valence electrons. The van der Waals surface area contributed by atoms with E-state index in [1.807, 2.05) is 20.8 Å². The minimum Gasteiger partial charge on any atom is -0.413 e. The van der Waals surface area contributed by atoms with Gasteiger partial charge >= 0.3 is 12.4 Å². The van der Waals surface area contributed by atoms with Gasteiger partial charge in [0.25, 0.3) is 5.60 Å². The molecule has 0 amide bonds. The van der Waals surface area contributed by atoms with Crippen LogP contribution in [0.4, 0.5) is 26.3 Å². The third-order valence-corrected chi connectivity index (χ3v) is 11.2. The molecular weight excluding hydrogens is 578 g/mol. The molecule has 0 aromatic rings. The van der Waals surface area contributed by atoms with Crippen molar-refractivity contribution >= 4 is 22.4 Å². The van der Waals surface area contributed by atoms with Crippen molar-refractivity contribution in [3.63, 3.8) is 0 Å². The van der Waals surface area contributed by atoms with E-state index in [1.54, 1.807) is 0 Å². The molecule has 11 heteroatoms. The van der Waals surface area contributed by atoms with E-state index in [4.69, 9.17) is 8.85 Å². The van der Waals surface area contributed by atoms with Gasteiger partial charge in [-0.15, -0.1) is 0 Å². The zero-order chi connectivity index (χ0) is 31.9. The van der Waals surface area contributed by atoms with E-state index in [-0.39, 0.29) is 35.5 Å². The van der Waals surface area contributed by atoms with Crippen LogP contribution >= 0.6 is 0 Å². The van der Waals surface area contributed by atoms with Gasteiger partial charge in [-0.05, 0) is 121 Å². The Labute approximate surface area is 245 Å². The van der Waals surface area contributed by atoms with Crippen molar-refractivity contribution in [1.29, 1.82) is 0 Å². The van der Waals surface area contributed by atoms with Crippen molar-refractivity contribution < 1.29 is 40.0 Å². The standard InChI is InChI=1S/C30H52F6O3Si2/c1-25(2,38-40(5,6)7)17-12-18-26(3,24-16-15-22-23(37)14-11-20-27(22,24)4)19-13-21-28(29(31,32)33,30(34,35)36)39-41(8,9)10/h13,21-22,24H,11-12,14-20H2,1-10H3/b21-13+/t22-,24+,26-,27-/m0/s1. The lowest BCUT2D eigenvalue weighted by atomic mass is 9.56. The highest BCUT2D eigenvalue weighted by atomic mass is 28.4. The molecule has 0 bridgehead atoms. The number of hydrogen-bond acceptors (Lipinski definition) is 3. The molecule has 4 atom stereocenters. The molecule has 0 spiro atoms. The first kappa shape index (κ1) is 36.5. The maximum atomic E-state index is 14.2. The van der Waals surface area contributed by atoms with Gasteiger partial charge in [0, 0.05) is 12.3 Å². The first-order chi connectivity index (χ1) is 18.2. The molecule has 0 heterocycles. The highest BCUT2D eigenvalue weighted by molar-refractivity contribution is 6.70. The molecule has 0 aromatic carbocycles. The lowest BCUT2D eigenvalue weighted by Gasteiger charge is -2.48. The van der Waals surface area contributed by atoms with Gasteiger partial charge in [-0.2, -0.15) is 26.3 Å². The number of alkyl halides is 6. The summed E-state index contributed by atoms with van der Waals surface area (Å²) in [6, 6.07) is 0. The van der Waals surface area contributed by atoms with Crippen molar-refractivity contribution in [2.75, 3.05) is 0 Å². The number of hydrogen-bond donors (Lipinski definition) is 0. The normalized spacial score (nSPS) is 26.9. The maximum absolute atomic E-state index is 14.2. The summed E-state index contributed by atoms with van der Waals surface area (Å²) in [6.45, 7) is 18.5. The van der Waals surface area contributed by atoms with Gasteiger partial charge < -0.3 is 8.85 Å². The summed E-state index contributed by atoms with van der Waals surface area (Å²) in [5.41, 5.74) is -5.67. The molecule has 0 aliphatic heterocycles. The van der Waals surface area contributed by atoms with Crippen molar-refractivity contribution in [2.24, 2.45) is 22.7 Å². The minimum atomic E-state index is -5.67. The Morgan fingerprint density at radius 2 is 1.41 bits per heavy atom. The topological polar surface area (TPSA) is 35.5 Å². The summed E-state index contributed by atoms with van der Waals surface area (Å²) >= 11 is 0. The molecule has 0 radical (unpaired) electrons. The second kappa shape index (κ2) is 12.0. The van der Waals surface area contributed by atoms with E-state index < -0.39 is 45.6 Å². The molecule has 3 nitrogen and oxygen atoms in total. The van der Waals surface area contributed by atoms with E-state index in [9.17, 15) is 31.1 Å². The quantitative estimate of drug-likeness (QED) is 0.122. The Hall–Kier alpha value is -0.656. The fourth-order valence-electron chi connectivity index (χ4n) is 7.77. The van der Waals surface area contributed by atoms with Gasteiger partial charge in [0.15, 0.2) is 16.6 Å². The Kier molecular flexibility index (Phi) is 10.7. The lowest BCUT2D eigenvalue weighted by Crippen LogP contribution is -2.61. The molecule has 0 aromatic heterocycles. The van der Waals surface area contributed by atoms with Crippen LogP contribution in [-0.4, -0.2) is 46.0 Å². The summed E-state index contributed by atoms with van der Waals surface area (Å²) < 4.78 is 96.4. The number of rotatable bonds is 12. The fraction of sp³-hybridized carbons (Fsp3) is 0.900. The first-order valence-electron chi connectivity index (χ1n) is 14.9. The van der Waals surface area contributed by atoms with Crippen LogP contribution in [0.25, 0.3) is 0 Å². The van der Waals surface area contributed by atoms with Crippen LogP contribution in [-0.2, 0) is 13.6 Å². The summed E-state index contributed by atoms with van der Waals surface area (Å²) in [6.07, 6.45) is -4.38. The monoisotopic (exact) mass is 630 g/mol. The zero-order valence-corrected chi connectivity index (χ0v) is 28.7. The van der Waals surface area contributed by atoms with Crippen LogP contribution < -0.4 is 0 Å². The highest BCUT2D eigenvalue weighted by Crippen LogP contribution is 2.62. The number of allylic oxidation sites excluding steroid dienone is 1. The van der Waals surface area contributed by atoms with E-state index in [1.165, 1.54) is 19.6 Å². The van der Waals surface area contributed by atoms with Crippen molar-refractivity contribution in [3.8, 4) is 0 Å². The number of Topliss-reactive ketones (excluding diaryl/α,β-unsaturated/α-hetero) is 1. The largest absolute Gasteiger partial charge is 0.429 e. The summed E-state index contributed by atoms with van der Waals surface area (Å²) in [5.74, 6) is 0.135. The number of carbonyl (C=O) groups is 1. The summed E-state index contributed by atoms with van der Waals surface area (Å²) in [4.78, 5) is 12.8. The molecule has 0 N–H and O–H groups in total. The molecule has 2 saturated carbocycles. The second-order valence-corrected chi connectivity index (χ2v) is 24.4. The Morgan fingerprint density at radius 3 is 1.90 bits per heavy atom. The molecule has 0 unspecified atom stereocenters. The average molecular weight is 631 g/mol. The number of halogens is 6. The smallest absolute Gasteiger partial charge is 0.413 e. The first-order valence-corrected chi connectivity index (χ1v) is 21.7. The van der Waals surface area contributed by atoms with E-state index in [0.717, 1.165) is 38.2 Å². The molecule has 2 aliphatic carbocycles. The van der Waals surface area contributed by atoms with E-state index >= 15 is 0 Å². The molecule has 0 saturated heterocycles. The van der Waals surface area contributed by atoms with Crippen LogP contribution in [0.15, 0.2) is 12.2 Å². The highest BCUT2D eigenvalue weighted by Gasteiger charge is 2.71. The third-order valence-electron chi connectivity index (χ3n) is 9.06. The van der Waals surface area contributed by atoms with Gasteiger partial charge in [-0.25, -0.2) is 0 Å². The molecule has 41 heavy (non-hydrogen) atoms. The average Bonchev–Trinajstić information content (AvgIpc) is 3.07. The van der Waals surface area contributed by atoms with Crippen LogP contribution in [0.2, 0.25) is 39.3 Å². The van der Waals surface area contributed by atoms with Gasteiger partial charge in [0.1, 0.15) is 5.78 Å². The van der Waals surface area contributed by atoms with Gasteiger partial charge in [-0.3, -0.25) is 4.79 Å². The lowest BCUT2D eigenvalue weighted by molar-refractivity contribution is -0.340. The van der Waals surface area contributed by atoms with Gasteiger partial charge in [0.2, 0.25) is 0 Å². The Morgan fingerprint density at radius 1 is 0.878 bits per heavy atom. The predicted octanol–water partition coefficient (Wildman–Crippen LogP) is 10.2. The van der Waals surface area contributed by atoms with Crippen molar-refractivity contribution in [1.82, 2.24) is 0 Å². The number of carbonyl (C=O) groups excluding carboxylic acids is 1. The van der Waals surface area contributed by atoms with Crippen LogP contribution in [0.1, 0.15) is 85.5 Å². The minimum absolute atomic E-state index is 0.000922. The van der Waals surface area contributed by atoms with E-state index in [0.29, 0.717) is 19.3 Å². The molecule has 2 rings (SSSR count). The maximum Gasteiger partial charge on any atom is 0.429 e. The SMILES string of the molecule is CC(C)(CCC[C@@](C)(C/C=C/C(O[Si](C)(C)C)(C(F)(F)F)C(F)(F)F)[C@H]1CC[C@H]2C(=O)CCC[C@]12C)O[Si](C)(C)C. The molecule has 2 fully saturated rings. The van der Waals surface area contributed by atoms with E-state index in [2.05, 4.69) is 26.6 Å². The Balaban J connectivity index is 2.48. The third kappa shape index (κ3) is 8.72. The van der Waals surface area contributed by atoms with Crippen molar-refractivity contribution in [3.05, 3.63) is 12.2 Å². The van der Waals surface area contributed by atoms with Gasteiger partial charge in [0.05, 0.1) is 5.60 Å². The zero-order valence-electron chi connectivity index (χ0n) is 26.7. The van der Waals surface area contributed by atoms with Crippen LogP contribution in [0.5, 0.6) is 0 Å². The number of fused-ring (bicyclic) bond motifs is 1. The molecular formula is C30H52F6O3Si2. The number of ketones is 1. The van der Waals surface area contributed by atoms with Crippen LogP contribution in [0.3, 0.4) is 0 Å².